The van der Waals surface area contributed by atoms with Gasteiger partial charge in [-0.25, -0.2) is 0 Å². The van der Waals surface area contributed by atoms with E-state index in [1.54, 1.807) is 18.2 Å². The van der Waals surface area contributed by atoms with Crippen LogP contribution in [0, 0.1) is 0 Å². The van der Waals surface area contributed by atoms with Crippen LogP contribution < -0.4 is 5.32 Å². The van der Waals surface area contributed by atoms with Crippen molar-refractivity contribution in [2.24, 2.45) is 0 Å². The quantitative estimate of drug-likeness (QED) is 0.896. The lowest BCUT2D eigenvalue weighted by Crippen LogP contribution is -2.44. The number of nitrogens with one attached hydrogen (secondary N) is 1. The Balaban J connectivity index is 1.99. The van der Waals surface area contributed by atoms with Gasteiger partial charge in [-0.05, 0) is 31.5 Å². The van der Waals surface area contributed by atoms with Crippen molar-refractivity contribution in [1.29, 1.82) is 0 Å². The highest BCUT2D eigenvalue weighted by Gasteiger charge is 2.29. The predicted octanol–water partition coefficient (Wildman–Crippen LogP) is 2.80. The van der Waals surface area contributed by atoms with E-state index in [9.17, 15) is 5.11 Å². The Labute approximate surface area is 117 Å². The number of hydrogen-bond acceptors (Lipinski definition) is 3. The normalized spacial score (nSPS) is 25.3. The molecular weight excluding hydrogens is 273 g/mol. The molecule has 2 N–H and O–H groups in total. The van der Waals surface area contributed by atoms with Crippen LogP contribution in [0.5, 0.6) is 0 Å². The minimum Gasteiger partial charge on any atom is -0.387 e. The predicted molar refractivity (Wildman–Crippen MR) is 73.3 cm³/mol. The number of benzene rings is 1. The van der Waals surface area contributed by atoms with Crippen LogP contribution >= 0.6 is 23.2 Å². The van der Waals surface area contributed by atoms with Crippen molar-refractivity contribution in [3.05, 3.63) is 33.8 Å². The summed E-state index contributed by atoms with van der Waals surface area (Å²) in [5, 5.41) is 14.6. The molecule has 0 aliphatic carbocycles. The number of rotatable bonds is 4. The first-order chi connectivity index (χ1) is 8.50. The molecule has 2 atom stereocenters. The van der Waals surface area contributed by atoms with Gasteiger partial charge in [-0.2, -0.15) is 0 Å². The number of hydrogen-bond donors (Lipinski definition) is 2. The molecule has 100 valence electrons. The minimum atomic E-state index is -0.673. The largest absolute Gasteiger partial charge is 0.387 e. The molecule has 1 saturated heterocycles. The molecule has 1 fully saturated rings. The number of halogens is 2. The van der Waals surface area contributed by atoms with E-state index >= 15 is 0 Å². The van der Waals surface area contributed by atoms with E-state index in [0.29, 0.717) is 28.8 Å². The van der Waals surface area contributed by atoms with Crippen molar-refractivity contribution in [2.45, 2.75) is 25.0 Å². The lowest BCUT2D eigenvalue weighted by Gasteiger charge is -2.25. The number of ether oxygens (including phenoxy) is 1. The van der Waals surface area contributed by atoms with Crippen molar-refractivity contribution < 1.29 is 9.84 Å². The summed E-state index contributed by atoms with van der Waals surface area (Å²) in [4.78, 5) is 0. The van der Waals surface area contributed by atoms with Crippen LogP contribution in [0.3, 0.4) is 0 Å². The van der Waals surface area contributed by atoms with Gasteiger partial charge >= 0.3 is 0 Å². The summed E-state index contributed by atoms with van der Waals surface area (Å²) < 4.78 is 5.35. The summed E-state index contributed by atoms with van der Waals surface area (Å²) in [7, 11) is 0. The molecule has 2 rings (SSSR count). The molecule has 1 aliphatic rings. The van der Waals surface area contributed by atoms with Gasteiger partial charge in [-0.3, -0.25) is 0 Å². The second kappa shape index (κ2) is 5.76. The topological polar surface area (TPSA) is 41.5 Å². The average molecular weight is 290 g/mol. The zero-order chi connectivity index (χ0) is 13.2. The Bertz CT molecular complexity index is 419. The van der Waals surface area contributed by atoms with Gasteiger partial charge in [0.05, 0.1) is 12.7 Å². The Kier molecular flexibility index (Phi) is 4.51. The molecule has 5 heteroatoms. The molecule has 0 aromatic heterocycles. The zero-order valence-electron chi connectivity index (χ0n) is 10.2. The molecule has 1 aliphatic heterocycles. The third-order valence-corrected chi connectivity index (χ3v) is 3.84. The summed E-state index contributed by atoms with van der Waals surface area (Å²) in [5.41, 5.74) is 0.589. The Hall–Kier alpha value is -0.320. The first-order valence-corrected chi connectivity index (χ1v) is 6.72. The molecule has 0 amide bonds. The maximum atomic E-state index is 10.2. The van der Waals surface area contributed by atoms with Gasteiger partial charge in [0.2, 0.25) is 0 Å². The van der Waals surface area contributed by atoms with Gasteiger partial charge in [0.25, 0.3) is 0 Å². The Morgan fingerprint density at radius 3 is 2.94 bits per heavy atom. The van der Waals surface area contributed by atoms with Gasteiger partial charge in [0.1, 0.15) is 0 Å². The fourth-order valence-electron chi connectivity index (χ4n) is 2.03. The second-order valence-corrected chi connectivity index (χ2v) is 5.77. The number of aliphatic hydroxyl groups is 1. The molecule has 0 saturated carbocycles. The monoisotopic (exact) mass is 289 g/mol. The number of aliphatic hydroxyl groups excluding tert-OH is 1. The van der Waals surface area contributed by atoms with Crippen LogP contribution in [0.25, 0.3) is 0 Å². The first kappa shape index (κ1) is 14.1. The van der Waals surface area contributed by atoms with Crippen LogP contribution in [0.2, 0.25) is 10.0 Å². The molecule has 1 aromatic carbocycles. The SMILES string of the molecule is CC1(NCC(O)c2cc(Cl)ccc2Cl)CCOC1. The van der Waals surface area contributed by atoms with Crippen LogP contribution in [-0.4, -0.2) is 30.4 Å². The summed E-state index contributed by atoms with van der Waals surface area (Å²) in [6, 6.07) is 5.10. The van der Waals surface area contributed by atoms with Gasteiger partial charge in [0.15, 0.2) is 0 Å². The van der Waals surface area contributed by atoms with E-state index in [0.717, 1.165) is 13.0 Å². The molecule has 1 aromatic rings. The summed E-state index contributed by atoms with van der Waals surface area (Å²) in [5.74, 6) is 0. The van der Waals surface area contributed by atoms with Crippen LogP contribution in [0.15, 0.2) is 18.2 Å². The van der Waals surface area contributed by atoms with E-state index in [4.69, 9.17) is 27.9 Å². The van der Waals surface area contributed by atoms with Crippen molar-refractivity contribution >= 4 is 23.2 Å². The highest BCUT2D eigenvalue weighted by molar-refractivity contribution is 6.33. The van der Waals surface area contributed by atoms with E-state index in [2.05, 4.69) is 12.2 Å². The summed E-state index contributed by atoms with van der Waals surface area (Å²) in [6.07, 6.45) is 0.275. The molecular formula is C13H17Cl2NO2. The van der Waals surface area contributed by atoms with Crippen LogP contribution in [0.4, 0.5) is 0 Å². The van der Waals surface area contributed by atoms with E-state index in [1.807, 2.05) is 0 Å². The van der Waals surface area contributed by atoms with E-state index in [1.165, 1.54) is 0 Å². The first-order valence-electron chi connectivity index (χ1n) is 5.96. The molecule has 1 heterocycles. The maximum absolute atomic E-state index is 10.2. The van der Waals surface area contributed by atoms with Gasteiger partial charge in [-0.1, -0.05) is 23.2 Å². The molecule has 0 bridgehead atoms. The molecule has 18 heavy (non-hydrogen) atoms. The second-order valence-electron chi connectivity index (χ2n) is 4.93. The zero-order valence-corrected chi connectivity index (χ0v) is 11.8. The van der Waals surface area contributed by atoms with Gasteiger partial charge < -0.3 is 15.2 Å². The van der Waals surface area contributed by atoms with E-state index in [-0.39, 0.29) is 5.54 Å². The standard InChI is InChI=1S/C13H17Cl2NO2/c1-13(4-5-18-8-13)16-7-12(17)10-6-9(14)2-3-11(10)15/h2-3,6,12,16-17H,4-5,7-8H2,1H3. The fraction of sp³-hybridized carbons (Fsp3) is 0.538. The minimum absolute atomic E-state index is 0.0635. The summed E-state index contributed by atoms with van der Waals surface area (Å²) in [6.45, 7) is 3.95. The third-order valence-electron chi connectivity index (χ3n) is 3.26. The van der Waals surface area contributed by atoms with Gasteiger partial charge in [0, 0.05) is 34.3 Å². The molecule has 2 unspecified atom stereocenters. The van der Waals surface area contributed by atoms with Crippen molar-refractivity contribution in [3.8, 4) is 0 Å². The lowest BCUT2D eigenvalue weighted by molar-refractivity contribution is 0.141. The lowest BCUT2D eigenvalue weighted by atomic mass is 10.0. The number of β-amino-alcohol motifs (C(OH)–C–C–N with tert-alkyl or cyclic N) is 1. The Morgan fingerprint density at radius 1 is 1.50 bits per heavy atom. The molecule has 0 spiro atoms. The molecule has 0 radical (unpaired) electrons. The molecule has 3 nitrogen and oxygen atoms in total. The highest BCUT2D eigenvalue weighted by Crippen LogP contribution is 2.27. The smallest absolute Gasteiger partial charge is 0.0929 e. The fourth-order valence-corrected chi connectivity index (χ4v) is 2.45. The van der Waals surface area contributed by atoms with Crippen molar-refractivity contribution in [3.63, 3.8) is 0 Å². The highest BCUT2D eigenvalue weighted by atomic mass is 35.5. The summed E-state index contributed by atoms with van der Waals surface area (Å²) >= 11 is 12.0. The Morgan fingerprint density at radius 2 is 2.28 bits per heavy atom. The van der Waals surface area contributed by atoms with Crippen molar-refractivity contribution in [1.82, 2.24) is 5.32 Å². The van der Waals surface area contributed by atoms with Crippen molar-refractivity contribution in [2.75, 3.05) is 19.8 Å². The average Bonchev–Trinajstić information content (AvgIpc) is 2.77. The van der Waals surface area contributed by atoms with Crippen LogP contribution in [-0.2, 0) is 4.74 Å². The van der Waals surface area contributed by atoms with E-state index < -0.39 is 6.10 Å². The van der Waals surface area contributed by atoms with Crippen LogP contribution in [0.1, 0.15) is 25.0 Å². The van der Waals surface area contributed by atoms with Gasteiger partial charge in [-0.15, -0.1) is 0 Å². The third kappa shape index (κ3) is 3.37. The maximum Gasteiger partial charge on any atom is 0.0929 e.